The molecule has 0 bridgehead atoms. The molecule has 1 aromatic rings. The largest absolute Gasteiger partial charge is 0.493 e. The maximum absolute atomic E-state index is 13.5. The Bertz CT molecular complexity index is 508. The maximum atomic E-state index is 13.5. The monoisotopic (exact) mass is 296 g/mol. The van der Waals surface area contributed by atoms with E-state index in [1.165, 1.54) is 17.0 Å². The van der Waals surface area contributed by atoms with Crippen molar-refractivity contribution in [2.75, 3.05) is 13.2 Å². The normalized spacial score (nSPS) is 19.6. The number of nitrogens with zero attached hydrogens (tertiary/aromatic N) is 1. The summed E-state index contributed by atoms with van der Waals surface area (Å²) in [6.07, 6.45) is 1.15. The zero-order valence-electron chi connectivity index (χ0n) is 12.1. The van der Waals surface area contributed by atoms with Crippen molar-refractivity contribution >= 4 is 6.09 Å². The summed E-state index contributed by atoms with van der Waals surface area (Å²) in [5.74, 6) is 0.150. The number of carboxylic acid groups (broad SMARTS) is 1. The Hall–Kier alpha value is -1.82. The molecule has 1 heterocycles. The molecule has 0 spiro atoms. The Balaban J connectivity index is 2.20. The van der Waals surface area contributed by atoms with Crippen molar-refractivity contribution in [3.8, 4) is 5.75 Å². The summed E-state index contributed by atoms with van der Waals surface area (Å²) in [5, 5.41) is 9.23. The van der Waals surface area contributed by atoms with E-state index >= 15 is 0 Å². The van der Waals surface area contributed by atoms with E-state index in [2.05, 4.69) is 0 Å². The molecular formula is C15H21FN2O3. The minimum Gasteiger partial charge on any atom is -0.493 e. The van der Waals surface area contributed by atoms with Gasteiger partial charge in [0.05, 0.1) is 12.6 Å². The van der Waals surface area contributed by atoms with Crippen LogP contribution >= 0.6 is 0 Å². The van der Waals surface area contributed by atoms with Gasteiger partial charge in [0.2, 0.25) is 0 Å². The molecule has 0 saturated carbocycles. The van der Waals surface area contributed by atoms with Crippen LogP contribution in [-0.4, -0.2) is 35.3 Å². The predicted octanol–water partition coefficient (Wildman–Crippen LogP) is 2.76. The van der Waals surface area contributed by atoms with E-state index in [1.807, 2.05) is 6.92 Å². The molecule has 1 aliphatic rings. The molecule has 2 atom stereocenters. The molecule has 1 fully saturated rings. The van der Waals surface area contributed by atoms with Gasteiger partial charge in [-0.15, -0.1) is 0 Å². The molecule has 5 nitrogen and oxygen atoms in total. The minimum absolute atomic E-state index is 0.0240. The lowest BCUT2D eigenvalue weighted by molar-refractivity contribution is 0.139. The zero-order chi connectivity index (χ0) is 15.4. The molecular weight excluding hydrogens is 275 g/mol. The third-order valence-corrected chi connectivity index (χ3v) is 3.66. The van der Waals surface area contributed by atoms with Gasteiger partial charge >= 0.3 is 6.09 Å². The molecule has 21 heavy (non-hydrogen) atoms. The van der Waals surface area contributed by atoms with E-state index < -0.39 is 6.09 Å². The van der Waals surface area contributed by atoms with Gasteiger partial charge in [-0.1, -0.05) is 0 Å². The lowest BCUT2D eigenvalue weighted by Gasteiger charge is -2.24. The summed E-state index contributed by atoms with van der Waals surface area (Å²) in [6.45, 7) is 2.78. The van der Waals surface area contributed by atoms with Gasteiger partial charge in [-0.3, -0.25) is 0 Å². The van der Waals surface area contributed by atoms with Gasteiger partial charge in [0.1, 0.15) is 11.6 Å². The van der Waals surface area contributed by atoms with Crippen molar-refractivity contribution in [2.24, 2.45) is 5.73 Å². The number of hydrogen-bond donors (Lipinski definition) is 2. The molecule has 1 aromatic carbocycles. The van der Waals surface area contributed by atoms with Crippen molar-refractivity contribution in [1.82, 2.24) is 4.90 Å². The van der Waals surface area contributed by atoms with Gasteiger partial charge in [-0.25, -0.2) is 9.18 Å². The Morgan fingerprint density at radius 1 is 1.62 bits per heavy atom. The average Bonchev–Trinajstić information content (AvgIpc) is 2.89. The smallest absolute Gasteiger partial charge is 0.407 e. The first-order chi connectivity index (χ1) is 9.99. The molecule has 1 amide bonds. The van der Waals surface area contributed by atoms with Crippen molar-refractivity contribution < 1.29 is 19.0 Å². The van der Waals surface area contributed by atoms with Crippen molar-refractivity contribution in [2.45, 2.75) is 38.3 Å². The van der Waals surface area contributed by atoms with Crippen molar-refractivity contribution in [1.29, 1.82) is 0 Å². The number of hydrogen-bond acceptors (Lipinski definition) is 3. The highest BCUT2D eigenvalue weighted by atomic mass is 19.1. The summed E-state index contributed by atoms with van der Waals surface area (Å²) in [4.78, 5) is 12.6. The summed E-state index contributed by atoms with van der Waals surface area (Å²) >= 11 is 0. The average molecular weight is 296 g/mol. The number of carbonyl (C=O) groups is 1. The Kier molecular flexibility index (Phi) is 5.01. The SMILES string of the molecule is CC(N)CCOc1ccc(F)cc1[C@H]1CCCN1C(=O)O. The molecule has 6 heteroatoms. The van der Waals surface area contributed by atoms with Crippen LogP contribution in [0.3, 0.4) is 0 Å². The fraction of sp³-hybridized carbons (Fsp3) is 0.533. The number of amides is 1. The van der Waals surface area contributed by atoms with E-state index in [1.54, 1.807) is 6.07 Å². The third-order valence-electron chi connectivity index (χ3n) is 3.66. The second-order valence-electron chi connectivity index (χ2n) is 5.43. The first-order valence-electron chi connectivity index (χ1n) is 7.16. The van der Waals surface area contributed by atoms with E-state index in [-0.39, 0.29) is 17.9 Å². The van der Waals surface area contributed by atoms with Crippen LogP contribution in [0, 0.1) is 5.82 Å². The van der Waals surface area contributed by atoms with Crippen LogP contribution in [-0.2, 0) is 0 Å². The fourth-order valence-corrected chi connectivity index (χ4v) is 2.58. The van der Waals surface area contributed by atoms with Crippen LogP contribution in [0.1, 0.15) is 37.8 Å². The molecule has 1 unspecified atom stereocenters. The van der Waals surface area contributed by atoms with E-state index in [9.17, 15) is 14.3 Å². The molecule has 0 radical (unpaired) electrons. The topological polar surface area (TPSA) is 75.8 Å². The Morgan fingerprint density at radius 2 is 2.38 bits per heavy atom. The van der Waals surface area contributed by atoms with Gasteiger partial charge in [0.25, 0.3) is 0 Å². The highest BCUT2D eigenvalue weighted by Crippen LogP contribution is 2.37. The summed E-state index contributed by atoms with van der Waals surface area (Å²) in [5.41, 5.74) is 6.27. The molecule has 0 aromatic heterocycles. The summed E-state index contributed by atoms with van der Waals surface area (Å²) < 4.78 is 19.2. The van der Waals surface area contributed by atoms with Crippen molar-refractivity contribution in [3.05, 3.63) is 29.6 Å². The van der Waals surface area contributed by atoms with Crippen molar-refractivity contribution in [3.63, 3.8) is 0 Å². The Labute approximate surface area is 123 Å². The molecule has 1 saturated heterocycles. The van der Waals surface area contributed by atoms with Gasteiger partial charge in [0.15, 0.2) is 0 Å². The van der Waals surface area contributed by atoms with Gasteiger partial charge in [-0.2, -0.15) is 0 Å². The second kappa shape index (κ2) is 6.76. The summed E-state index contributed by atoms with van der Waals surface area (Å²) in [6, 6.07) is 3.93. The number of nitrogens with two attached hydrogens (primary N) is 1. The van der Waals surface area contributed by atoms with Crippen LogP contribution in [0.25, 0.3) is 0 Å². The van der Waals surface area contributed by atoms with Gasteiger partial charge in [0, 0.05) is 18.2 Å². The van der Waals surface area contributed by atoms with E-state index in [4.69, 9.17) is 10.5 Å². The lowest BCUT2D eigenvalue weighted by atomic mass is 10.0. The molecule has 3 N–H and O–H groups in total. The highest BCUT2D eigenvalue weighted by molar-refractivity contribution is 5.66. The number of likely N-dealkylation sites (tertiary alicyclic amines) is 1. The summed E-state index contributed by atoms with van der Waals surface area (Å²) in [7, 11) is 0. The first-order valence-corrected chi connectivity index (χ1v) is 7.16. The fourth-order valence-electron chi connectivity index (χ4n) is 2.58. The number of rotatable bonds is 5. The molecule has 116 valence electrons. The second-order valence-corrected chi connectivity index (χ2v) is 5.43. The number of halogens is 1. The van der Waals surface area contributed by atoms with E-state index in [0.717, 1.165) is 6.42 Å². The van der Waals surface area contributed by atoms with Crippen LogP contribution < -0.4 is 10.5 Å². The quantitative estimate of drug-likeness (QED) is 0.876. The molecule has 2 rings (SSSR count). The highest BCUT2D eigenvalue weighted by Gasteiger charge is 2.32. The van der Waals surface area contributed by atoms with Crippen LogP contribution in [0.2, 0.25) is 0 Å². The third kappa shape index (κ3) is 3.85. The molecule has 0 aliphatic carbocycles. The van der Waals surface area contributed by atoms with Crippen LogP contribution in [0.15, 0.2) is 18.2 Å². The van der Waals surface area contributed by atoms with Gasteiger partial charge < -0.3 is 20.5 Å². The predicted molar refractivity (Wildman–Crippen MR) is 76.9 cm³/mol. The minimum atomic E-state index is -0.983. The lowest BCUT2D eigenvalue weighted by Crippen LogP contribution is -2.29. The number of benzene rings is 1. The molecule has 1 aliphatic heterocycles. The van der Waals surface area contributed by atoms with Crippen LogP contribution in [0.5, 0.6) is 5.75 Å². The first kappa shape index (κ1) is 15.6. The maximum Gasteiger partial charge on any atom is 0.407 e. The number of ether oxygens (including phenoxy) is 1. The van der Waals surface area contributed by atoms with E-state index in [0.29, 0.717) is 37.3 Å². The van der Waals surface area contributed by atoms with Gasteiger partial charge in [-0.05, 0) is 44.4 Å². The Morgan fingerprint density at radius 3 is 3.05 bits per heavy atom. The zero-order valence-corrected chi connectivity index (χ0v) is 12.1. The van der Waals surface area contributed by atoms with Crippen LogP contribution in [0.4, 0.5) is 9.18 Å². The standard InChI is InChI=1S/C15H21FN2O3/c1-10(17)6-8-21-14-5-4-11(16)9-12(14)13-3-2-7-18(13)15(19)20/h4-5,9-10,13H,2-3,6-8,17H2,1H3,(H,19,20)/t10?,13-/m1/s1.